The minimum absolute atomic E-state index is 0.552. The maximum Gasteiger partial charge on any atom is 0.103 e. The smallest absolute Gasteiger partial charge is 0.103 e. The molecule has 3 nitrogen and oxygen atoms in total. The van der Waals surface area contributed by atoms with Gasteiger partial charge in [-0.25, -0.2) is 4.98 Å². The molecule has 9 heavy (non-hydrogen) atoms. The Morgan fingerprint density at radius 2 is 2.67 bits per heavy atom. The van der Waals surface area contributed by atoms with Gasteiger partial charge < -0.3 is 5.21 Å². The molecule has 0 aliphatic carbocycles. The first-order chi connectivity index (χ1) is 4.34. The van der Waals surface area contributed by atoms with Crippen LogP contribution in [0.1, 0.15) is 12.6 Å². The molecule has 0 aromatic carbocycles. The number of aromatic nitrogens is 1. The molecule has 0 radical (unpaired) electrons. The summed E-state index contributed by atoms with van der Waals surface area (Å²) in [6, 6.07) is 0. The number of rotatable bonds is 1. The Hall–Kier alpha value is -0.900. The lowest BCUT2D eigenvalue weighted by atomic mass is 10.3. The standard InChI is InChI=1S/C5H6N2OS/c1-4(7-8)5-2-9-3-6-5/h2-3,8H,1H3/b7-4+. The quantitative estimate of drug-likeness (QED) is 0.365. The van der Waals surface area contributed by atoms with Gasteiger partial charge in [0.15, 0.2) is 0 Å². The van der Waals surface area contributed by atoms with Crippen molar-refractivity contribution in [1.82, 2.24) is 4.98 Å². The number of thiazole rings is 1. The predicted molar refractivity (Wildman–Crippen MR) is 36.1 cm³/mol. The average molecular weight is 142 g/mol. The summed E-state index contributed by atoms with van der Waals surface area (Å²) in [5, 5.41) is 13.1. The number of oxime groups is 1. The molecule has 1 N–H and O–H groups in total. The highest BCUT2D eigenvalue weighted by atomic mass is 32.1. The van der Waals surface area contributed by atoms with E-state index in [0.717, 1.165) is 5.69 Å². The van der Waals surface area contributed by atoms with Gasteiger partial charge >= 0.3 is 0 Å². The zero-order valence-corrected chi connectivity index (χ0v) is 5.72. The molecule has 0 amide bonds. The molecule has 0 aliphatic heterocycles. The molecule has 1 rings (SSSR count). The van der Waals surface area contributed by atoms with Crippen LogP contribution in [0.25, 0.3) is 0 Å². The SMILES string of the molecule is C/C(=N\O)c1cscn1. The molecule has 0 saturated carbocycles. The molecular formula is C5H6N2OS. The third kappa shape index (κ3) is 1.26. The van der Waals surface area contributed by atoms with Gasteiger partial charge in [-0.2, -0.15) is 0 Å². The van der Waals surface area contributed by atoms with Gasteiger partial charge in [0.1, 0.15) is 5.71 Å². The monoisotopic (exact) mass is 142 g/mol. The number of nitrogens with zero attached hydrogens (tertiary/aromatic N) is 2. The summed E-state index contributed by atoms with van der Waals surface area (Å²) < 4.78 is 0. The molecule has 4 heteroatoms. The third-order valence-corrected chi connectivity index (χ3v) is 1.54. The van der Waals surface area contributed by atoms with Crippen LogP contribution in [0.3, 0.4) is 0 Å². The van der Waals surface area contributed by atoms with Crippen molar-refractivity contribution in [2.75, 3.05) is 0 Å². The van der Waals surface area contributed by atoms with Gasteiger partial charge in [0.05, 0.1) is 11.2 Å². The van der Waals surface area contributed by atoms with E-state index in [0.29, 0.717) is 5.71 Å². The maximum atomic E-state index is 8.26. The van der Waals surface area contributed by atoms with E-state index in [1.54, 1.807) is 12.4 Å². The molecule has 1 aromatic heterocycles. The molecule has 1 aromatic rings. The lowest BCUT2D eigenvalue weighted by Gasteiger charge is -1.85. The van der Waals surface area contributed by atoms with Crippen LogP contribution in [0.5, 0.6) is 0 Å². The van der Waals surface area contributed by atoms with Crippen LogP contribution in [0.15, 0.2) is 16.0 Å². The second kappa shape index (κ2) is 2.59. The molecular weight excluding hydrogens is 136 g/mol. The highest BCUT2D eigenvalue weighted by molar-refractivity contribution is 7.07. The Morgan fingerprint density at radius 1 is 1.89 bits per heavy atom. The zero-order chi connectivity index (χ0) is 6.69. The van der Waals surface area contributed by atoms with Gasteiger partial charge in [-0.05, 0) is 6.92 Å². The van der Waals surface area contributed by atoms with Gasteiger partial charge in [-0.15, -0.1) is 11.3 Å². The second-order valence-electron chi connectivity index (χ2n) is 1.56. The van der Waals surface area contributed by atoms with Gasteiger partial charge in [-0.3, -0.25) is 0 Å². The molecule has 0 bridgehead atoms. The van der Waals surface area contributed by atoms with Crippen LogP contribution in [-0.2, 0) is 0 Å². The summed E-state index contributed by atoms with van der Waals surface area (Å²) in [7, 11) is 0. The van der Waals surface area contributed by atoms with Crippen molar-refractivity contribution in [3.05, 3.63) is 16.6 Å². The Balaban J connectivity index is 2.90. The van der Waals surface area contributed by atoms with E-state index < -0.39 is 0 Å². The first-order valence-electron chi connectivity index (χ1n) is 2.42. The summed E-state index contributed by atoms with van der Waals surface area (Å²) in [5.41, 5.74) is 2.99. The van der Waals surface area contributed by atoms with E-state index in [2.05, 4.69) is 10.1 Å². The van der Waals surface area contributed by atoms with Crippen molar-refractivity contribution in [2.24, 2.45) is 5.16 Å². The molecule has 0 fully saturated rings. The normalized spacial score (nSPS) is 11.9. The van der Waals surface area contributed by atoms with Crippen molar-refractivity contribution >= 4 is 17.0 Å². The first-order valence-corrected chi connectivity index (χ1v) is 3.36. The number of hydrogen-bond donors (Lipinski definition) is 1. The summed E-state index contributed by atoms with van der Waals surface area (Å²) in [6.07, 6.45) is 0. The minimum Gasteiger partial charge on any atom is -0.411 e. The molecule has 0 unspecified atom stereocenters. The molecule has 0 aliphatic rings. The van der Waals surface area contributed by atoms with E-state index in [1.807, 2.05) is 5.38 Å². The van der Waals surface area contributed by atoms with Gasteiger partial charge in [0, 0.05) is 5.38 Å². The van der Waals surface area contributed by atoms with Crippen LogP contribution in [0, 0.1) is 0 Å². The van der Waals surface area contributed by atoms with E-state index in [1.165, 1.54) is 11.3 Å². The predicted octanol–water partition coefficient (Wildman–Crippen LogP) is 1.34. The van der Waals surface area contributed by atoms with Crippen LogP contribution < -0.4 is 0 Å². The summed E-state index contributed by atoms with van der Waals surface area (Å²) in [4.78, 5) is 3.91. The van der Waals surface area contributed by atoms with E-state index >= 15 is 0 Å². The van der Waals surface area contributed by atoms with Gasteiger partial charge in [0.2, 0.25) is 0 Å². The fraction of sp³-hybridized carbons (Fsp3) is 0.200. The fourth-order valence-electron chi connectivity index (χ4n) is 0.442. The van der Waals surface area contributed by atoms with E-state index in [9.17, 15) is 0 Å². The molecule has 1 heterocycles. The molecule has 48 valence electrons. The average Bonchev–Trinajstić information content (AvgIpc) is 2.37. The van der Waals surface area contributed by atoms with Gasteiger partial charge in [0.25, 0.3) is 0 Å². The van der Waals surface area contributed by atoms with Crippen LogP contribution >= 0.6 is 11.3 Å². The van der Waals surface area contributed by atoms with Crippen molar-refractivity contribution < 1.29 is 5.21 Å². The van der Waals surface area contributed by atoms with Crippen molar-refractivity contribution in [2.45, 2.75) is 6.92 Å². The van der Waals surface area contributed by atoms with Crippen LogP contribution in [-0.4, -0.2) is 15.9 Å². The van der Waals surface area contributed by atoms with E-state index in [4.69, 9.17) is 5.21 Å². The third-order valence-electron chi connectivity index (χ3n) is 0.953. The Labute approximate surface area is 56.7 Å². The van der Waals surface area contributed by atoms with Crippen molar-refractivity contribution in [3.63, 3.8) is 0 Å². The van der Waals surface area contributed by atoms with Crippen LogP contribution in [0.4, 0.5) is 0 Å². The second-order valence-corrected chi connectivity index (χ2v) is 2.28. The summed E-state index contributed by atoms with van der Waals surface area (Å²) >= 11 is 1.48. The molecule has 0 spiro atoms. The van der Waals surface area contributed by atoms with Crippen LogP contribution in [0.2, 0.25) is 0 Å². The lowest BCUT2D eigenvalue weighted by molar-refractivity contribution is 0.319. The van der Waals surface area contributed by atoms with Crippen molar-refractivity contribution in [1.29, 1.82) is 0 Å². The summed E-state index contributed by atoms with van der Waals surface area (Å²) in [6.45, 7) is 1.70. The molecule has 0 atom stereocenters. The summed E-state index contributed by atoms with van der Waals surface area (Å²) in [5.74, 6) is 0. The first kappa shape index (κ1) is 6.22. The zero-order valence-electron chi connectivity index (χ0n) is 4.90. The topological polar surface area (TPSA) is 45.5 Å². The Kier molecular flexibility index (Phi) is 1.79. The molecule has 0 saturated heterocycles. The highest BCUT2D eigenvalue weighted by Crippen LogP contribution is 2.01. The Morgan fingerprint density at radius 3 is 3.11 bits per heavy atom. The maximum absolute atomic E-state index is 8.26. The lowest BCUT2D eigenvalue weighted by Crippen LogP contribution is -1.92. The van der Waals surface area contributed by atoms with Crippen molar-refractivity contribution in [3.8, 4) is 0 Å². The fourth-order valence-corrected chi connectivity index (χ4v) is 1.04. The Bertz CT molecular complexity index is 205. The highest BCUT2D eigenvalue weighted by Gasteiger charge is 1.96. The number of hydrogen-bond acceptors (Lipinski definition) is 4. The minimum atomic E-state index is 0.552. The van der Waals surface area contributed by atoms with Gasteiger partial charge in [-0.1, -0.05) is 5.16 Å². The van der Waals surface area contributed by atoms with E-state index in [-0.39, 0.29) is 0 Å². The largest absolute Gasteiger partial charge is 0.411 e.